The molecule has 0 radical (unpaired) electrons. The van der Waals surface area contributed by atoms with Gasteiger partial charge in [0.1, 0.15) is 12.4 Å². The van der Waals surface area contributed by atoms with E-state index >= 15 is 0 Å². The second-order valence-electron chi connectivity index (χ2n) is 5.55. The molecule has 10 nitrogen and oxygen atoms in total. The first-order chi connectivity index (χ1) is 12.5. The number of nitrogens with one attached hydrogen (secondary N) is 1. The molecule has 1 N–H and O–H groups in total. The Morgan fingerprint density at radius 3 is 2.73 bits per heavy atom. The summed E-state index contributed by atoms with van der Waals surface area (Å²) in [6.07, 6.45) is 4.93. The van der Waals surface area contributed by atoms with Crippen LogP contribution in [0.4, 0.5) is 5.82 Å². The molecule has 26 heavy (non-hydrogen) atoms. The lowest BCUT2D eigenvalue weighted by Crippen LogP contribution is -2.20. The number of rotatable bonds is 6. The van der Waals surface area contributed by atoms with Gasteiger partial charge in [-0.05, 0) is 6.92 Å². The van der Waals surface area contributed by atoms with Gasteiger partial charge in [0.25, 0.3) is 0 Å². The molecule has 3 heterocycles. The zero-order valence-corrected chi connectivity index (χ0v) is 14.9. The van der Waals surface area contributed by atoms with E-state index in [1.165, 1.54) is 18.9 Å². The minimum absolute atomic E-state index is 0.0591. The van der Waals surface area contributed by atoms with Gasteiger partial charge in [-0.2, -0.15) is 15.2 Å². The summed E-state index contributed by atoms with van der Waals surface area (Å²) >= 11 is 0. The van der Waals surface area contributed by atoms with Crippen LogP contribution in [0.3, 0.4) is 0 Å². The molecule has 0 fully saturated rings. The third-order valence-corrected chi connectivity index (χ3v) is 3.63. The van der Waals surface area contributed by atoms with E-state index in [1.807, 2.05) is 6.92 Å². The zero-order chi connectivity index (χ0) is 18.7. The van der Waals surface area contributed by atoms with Gasteiger partial charge in [0, 0.05) is 31.1 Å². The van der Waals surface area contributed by atoms with E-state index in [2.05, 4.69) is 25.5 Å². The van der Waals surface area contributed by atoms with Crippen LogP contribution in [-0.4, -0.2) is 49.7 Å². The first-order valence-electron chi connectivity index (χ1n) is 7.78. The summed E-state index contributed by atoms with van der Waals surface area (Å²) in [5, 5.41) is 11.2. The molecule has 0 saturated heterocycles. The number of anilines is 1. The number of hydrogen-bond donors (Lipinski definition) is 1. The van der Waals surface area contributed by atoms with Crippen molar-refractivity contribution in [3.63, 3.8) is 0 Å². The second-order valence-corrected chi connectivity index (χ2v) is 5.55. The first kappa shape index (κ1) is 17.4. The fourth-order valence-corrected chi connectivity index (χ4v) is 2.45. The third-order valence-electron chi connectivity index (χ3n) is 3.63. The monoisotopic (exact) mass is 357 g/mol. The molecular weight excluding hydrogens is 338 g/mol. The maximum Gasteiger partial charge on any atom is 0.319 e. The summed E-state index contributed by atoms with van der Waals surface area (Å²) in [6, 6.07) is 2.01. The maximum absolute atomic E-state index is 12.2. The molecule has 0 aromatic carbocycles. The first-order valence-corrected chi connectivity index (χ1v) is 7.78. The molecule has 0 atom stereocenters. The molecule has 0 aliphatic rings. The molecule has 0 bridgehead atoms. The molecular formula is C16H19N7O3. The number of hydrogen-bond acceptors (Lipinski definition) is 7. The smallest absolute Gasteiger partial charge is 0.319 e. The summed E-state index contributed by atoms with van der Waals surface area (Å²) < 4.78 is 13.4. The van der Waals surface area contributed by atoms with Gasteiger partial charge in [0.15, 0.2) is 0 Å². The van der Waals surface area contributed by atoms with Crippen LogP contribution in [0.1, 0.15) is 5.69 Å². The minimum atomic E-state index is -0.208. The predicted octanol–water partition coefficient (Wildman–Crippen LogP) is 1.04. The Hall–Kier alpha value is -3.43. The van der Waals surface area contributed by atoms with Gasteiger partial charge in [-0.1, -0.05) is 0 Å². The quantitative estimate of drug-likeness (QED) is 0.702. The van der Waals surface area contributed by atoms with Gasteiger partial charge in [0.05, 0.1) is 31.7 Å². The van der Waals surface area contributed by atoms with E-state index in [1.54, 1.807) is 36.4 Å². The Morgan fingerprint density at radius 2 is 2.08 bits per heavy atom. The highest BCUT2D eigenvalue weighted by Gasteiger charge is 2.14. The second kappa shape index (κ2) is 7.21. The number of aryl methyl sites for hydroxylation is 2. The summed E-state index contributed by atoms with van der Waals surface area (Å²) in [5.74, 6) is 0.789. The van der Waals surface area contributed by atoms with Gasteiger partial charge < -0.3 is 14.8 Å². The molecule has 0 spiro atoms. The number of carbonyl (C=O) groups excluding carboxylic acids is 1. The van der Waals surface area contributed by atoms with Gasteiger partial charge in [-0.3, -0.25) is 14.2 Å². The molecule has 3 aromatic rings. The summed E-state index contributed by atoms with van der Waals surface area (Å²) in [5.41, 5.74) is 2.21. The van der Waals surface area contributed by atoms with Crippen molar-refractivity contribution in [3.05, 3.63) is 30.4 Å². The highest BCUT2D eigenvalue weighted by atomic mass is 16.5. The van der Waals surface area contributed by atoms with E-state index in [0.717, 1.165) is 11.3 Å². The number of carbonyl (C=O) groups is 1. The van der Waals surface area contributed by atoms with Crippen molar-refractivity contribution in [2.75, 3.05) is 19.5 Å². The van der Waals surface area contributed by atoms with Gasteiger partial charge in [0.2, 0.25) is 11.8 Å². The van der Waals surface area contributed by atoms with Crippen molar-refractivity contribution in [3.8, 4) is 23.0 Å². The van der Waals surface area contributed by atoms with Gasteiger partial charge in [-0.15, -0.1) is 0 Å². The van der Waals surface area contributed by atoms with Crippen molar-refractivity contribution in [1.29, 1.82) is 0 Å². The molecule has 3 aromatic heterocycles. The molecule has 0 aliphatic heterocycles. The standard InChI is InChI=1S/C16H19N7O3/c1-10-5-13(22(2)21-10)19-14(24)9-23-8-11(6-18-23)12-7-17-16(26-4)20-15(12)25-3/h5-8H,9H2,1-4H3,(H,19,24). The molecule has 1 amide bonds. The fraction of sp³-hybridized carbons (Fsp3) is 0.312. The van der Waals surface area contributed by atoms with Gasteiger partial charge >= 0.3 is 6.01 Å². The van der Waals surface area contributed by atoms with Crippen molar-refractivity contribution in [1.82, 2.24) is 29.5 Å². The largest absolute Gasteiger partial charge is 0.480 e. The summed E-state index contributed by atoms with van der Waals surface area (Å²) in [6.45, 7) is 1.92. The van der Waals surface area contributed by atoms with Crippen LogP contribution < -0.4 is 14.8 Å². The lowest BCUT2D eigenvalue weighted by Gasteiger charge is -2.06. The molecule has 10 heteroatoms. The Labute approximate surface area is 149 Å². The van der Waals surface area contributed by atoms with Crippen LogP contribution in [0.15, 0.2) is 24.7 Å². The Balaban J connectivity index is 1.74. The van der Waals surface area contributed by atoms with E-state index in [-0.39, 0.29) is 18.5 Å². The van der Waals surface area contributed by atoms with E-state index in [9.17, 15) is 4.79 Å². The normalized spacial score (nSPS) is 10.6. The maximum atomic E-state index is 12.2. The molecule has 0 saturated carbocycles. The summed E-state index contributed by atoms with van der Waals surface area (Å²) in [4.78, 5) is 20.4. The Bertz CT molecular complexity index is 932. The van der Waals surface area contributed by atoms with Crippen LogP contribution in [0.5, 0.6) is 11.9 Å². The average Bonchev–Trinajstić information content (AvgIpc) is 3.20. The number of aromatic nitrogens is 6. The zero-order valence-electron chi connectivity index (χ0n) is 14.9. The molecule has 0 unspecified atom stereocenters. The van der Waals surface area contributed by atoms with Crippen molar-refractivity contribution < 1.29 is 14.3 Å². The van der Waals surface area contributed by atoms with Crippen molar-refractivity contribution in [2.45, 2.75) is 13.5 Å². The number of amides is 1. The number of ether oxygens (including phenoxy) is 2. The van der Waals surface area contributed by atoms with Crippen LogP contribution in [0, 0.1) is 6.92 Å². The number of nitrogens with zero attached hydrogens (tertiary/aromatic N) is 6. The molecule has 0 aliphatic carbocycles. The van der Waals surface area contributed by atoms with Crippen LogP contribution in [0.25, 0.3) is 11.1 Å². The molecule has 136 valence electrons. The highest BCUT2D eigenvalue weighted by molar-refractivity contribution is 5.89. The van der Waals surface area contributed by atoms with Crippen LogP contribution in [-0.2, 0) is 18.4 Å². The number of methoxy groups -OCH3 is 2. The minimum Gasteiger partial charge on any atom is -0.480 e. The SMILES string of the molecule is COc1ncc(-c2cnn(CC(=O)Nc3cc(C)nn3C)c2)c(OC)n1. The lowest BCUT2D eigenvalue weighted by molar-refractivity contribution is -0.116. The third kappa shape index (κ3) is 3.63. The van der Waals surface area contributed by atoms with Crippen LogP contribution >= 0.6 is 0 Å². The highest BCUT2D eigenvalue weighted by Crippen LogP contribution is 2.28. The molecule has 3 rings (SSSR count). The average molecular weight is 357 g/mol. The topological polar surface area (TPSA) is 109 Å². The predicted molar refractivity (Wildman–Crippen MR) is 92.9 cm³/mol. The van der Waals surface area contributed by atoms with Gasteiger partial charge in [-0.25, -0.2) is 4.98 Å². The summed E-state index contributed by atoms with van der Waals surface area (Å²) in [7, 11) is 4.76. The van der Waals surface area contributed by atoms with Crippen molar-refractivity contribution in [2.24, 2.45) is 7.05 Å². The van der Waals surface area contributed by atoms with E-state index in [4.69, 9.17) is 9.47 Å². The van der Waals surface area contributed by atoms with Crippen molar-refractivity contribution >= 4 is 11.7 Å². The van der Waals surface area contributed by atoms with Crippen LogP contribution in [0.2, 0.25) is 0 Å². The van der Waals surface area contributed by atoms with E-state index in [0.29, 0.717) is 17.3 Å². The lowest BCUT2D eigenvalue weighted by atomic mass is 10.2. The Kier molecular flexibility index (Phi) is 4.83. The van der Waals surface area contributed by atoms with E-state index < -0.39 is 0 Å². The fourth-order valence-electron chi connectivity index (χ4n) is 2.45. The Morgan fingerprint density at radius 1 is 1.27 bits per heavy atom.